The third kappa shape index (κ3) is 5.31. The van der Waals surface area contributed by atoms with Crippen LogP contribution in [0.15, 0.2) is 30.3 Å². The molecule has 0 N–H and O–H groups in total. The largest absolute Gasteiger partial charge is 0.464 e. The van der Waals surface area contributed by atoms with Gasteiger partial charge in [-0.15, -0.1) is 0 Å². The predicted molar refractivity (Wildman–Crippen MR) is 94.1 cm³/mol. The summed E-state index contributed by atoms with van der Waals surface area (Å²) in [5, 5.41) is 0. The molecule has 0 aromatic heterocycles. The molecule has 2 rings (SSSR count). The molecule has 1 aliphatic heterocycles. The van der Waals surface area contributed by atoms with Gasteiger partial charge in [0.1, 0.15) is 6.04 Å². The van der Waals surface area contributed by atoms with Gasteiger partial charge in [0.2, 0.25) is 10.0 Å². The van der Waals surface area contributed by atoms with Gasteiger partial charge in [0.05, 0.1) is 12.4 Å². The standard InChI is InChI=1S/C18H27NO4S/c1-2-24(21,22)19-14-8-6-13-17(19)18(20)23-15-9-7-12-16-10-4-3-5-11-16/h3-5,10-11,17H,2,6-9,12-15H2,1H3/t17-/m0/s1. The molecule has 0 unspecified atom stereocenters. The van der Waals surface area contributed by atoms with Gasteiger partial charge in [-0.1, -0.05) is 30.3 Å². The summed E-state index contributed by atoms with van der Waals surface area (Å²) in [5.74, 6) is -0.375. The van der Waals surface area contributed by atoms with Crippen LogP contribution in [0.5, 0.6) is 0 Å². The Bertz CT molecular complexity index is 615. The van der Waals surface area contributed by atoms with Crippen LogP contribution in [0, 0.1) is 0 Å². The number of hydrogen-bond donors (Lipinski definition) is 0. The maximum absolute atomic E-state index is 12.3. The number of sulfonamides is 1. The fourth-order valence-corrected chi connectivity index (χ4v) is 4.30. The minimum absolute atomic E-state index is 0.0217. The van der Waals surface area contributed by atoms with Gasteiger partial charge < -0.3 is 4.74 Å². The van der Waals surface area contributed by atoms with Crippen molar-refractivity contribution in [3.05, 3.63) is 35.9 Å². The van der Waals surface area contributed by atoms with Crippen molar-refractivity contribution in [3.63, 3.8) is 0 Å². The van der Waals surface area contributed by atoms with Crippen LogP contribution < -0.4 is 0 Å². The maximum atomic E-state index is 12.3. The van der Waals surface area contributed by atoms with Crippen molar-refractivity contribution in [2.24, 2.45) is 0 Å². The van der Waals surface area contributed by atoms with E-state index in [0.29, 0.717) is 19.6 Å². The predicted octanol–water partition coefficient (Wildman–Crippen LogP) is 2.76. The lowest BCUT2D eigenvalue weighted by Gasteiger charge is -2.32. The van der Waals surface area contributed by atoms with Gasteiger partial charge in [-0.05, 0) is 51.0 Å². The van der Waals surface area contributed by atoms with Gasteiger partial charge in [-0.3, -0.25) is 4.79 Å². The number of carbonyl (C=O) groups excluding carboxylic acids is 1. The van der Waals surface area contributed by atoms with Crippen LogP contribution in [-0.4, -0.2) is 43.6 Å². The van der Waals surface area contributed by atoms with E-state index in [1.54, 1.807) is 6.92 Å². The molecule has 0 bridgehead atoms. The van der Waals surface area contributed by atoms with Crippen LogP contribution in [0.1, 0.15) is 44.6 Å². The van der Waals surface area contributed by atoms with Crippen LogP contribution in [0.3, 0.4) is 0 Å². The first-order valence-electron chi connectivity index (χ1n) is 8.74. The molecule has 0 aliphatic carbocycles. The molecule has 0 radical (unpaired) electrons. The first-order chi connectivity index (χ1) is 11.5. The van der Waals surface area contributed by atoms with Gasteiger partial charge in [-0.25, -0.2) is 8.42 Å². The number of nitrogens with zero attached hydrogens (tertiary/aromatic N) is 1. The fraction of sp³-hybridized carbons (Fsp3) is 0.611. The molecular weight excluding hydrogens is 326 g/mol. The monoisotopic (exact) mass is 353 g/mol. The molecule has 5 nitrogen and oxygen atoms in total. The van der Waals surface area contributed by atoms with E-state index in [-0.39, 0.29) is 5.75 Å². The zero-order valence-electron chi connectivity index (χ0n) is 14.3. The van der Waals surface area contributed by atoms with E-state index >= 15 is 0 Å². The number of hydrogen-bond acceptors (Lipinski definition) is 4. The number of aryl methyl sites for hydroxylation is 1. The van der Waals surface area contributed by atoms with Crippen LogP contribution >= 0.6 is 0 Å². The molecule has 1 saturated heterocycles. The molecule has 1 atom stereocenters. The van der Waals surface area contributed by atoms with Crippen molar-refractivity contribution in [3.8, 4) is 0 Å². The summed E-state index contributed by atoms with van der Waals surface area (Å²) in [7, 11) is -3.35. The lowest BCUT2D eigenvalue weighted by atomic mass is 10.1. The Morgan fingerprint density at radius 1 is 1.21 bits per heavy atom. The van der Waals surface area contributed by atoms with E-state index in [1.165, 1.54) is 9.87 Å². The highest BCUT2D eigenvalue weighted by Gasteiger charge is 2.36. The summed E-state index contributed by atoms with van der Waals surface area (Å²) >= 11 is 0. The maximum Gasteiger partial charge on any atom is 0.324 e. The topological polar surface area (TPSA) is 63.7 Å². The quantitative estimate of drug-likeness (QED) is 0.532. The molecule has 1 aromatic rings. The summed E-state index contributed by atoms with van der Waals surface area (Å²) < 4.78 is 30.9. The molecule has 1 aliphatic rings. The smallest absolute Gasteiger partial charge is 0.324 e. The zero-order valence-corrected chi connectivity index (χ0v) is 15.1. The lowest BCUT2D eigenvalue weighted by molar-refractivity contribution is -0.149. The number of unbranched alkanes of at least 4 members (excludes halogenated alkanes) is 1. The fourth-order valence-electron chi connectivity index (χ4n) is 2.98. The summed E-state index contributed by atoms with van der Waals surface area (Å²) in [6.07, 6.45) is 4.91. The Labute approximate surface area is 145 Å². The zero-order chi connectivity index (χ0) is 17.4. The van der Waals surface area contributed by atoms with Crippen LogP contribution in [0.25, 0.3) is 0 Å². The summed E-state index contributed by atoms with van der Waals surface area (Å²) in [5.41, 5.74) is 1.27. The molecular formula is C18H27NO4S. The number of ether oxygens (including phenoxy) is 1. The van der Waals surface area contributed by atoms with Crippen molar-refractivity contribution in [2.45, 2.75) is 51.5 Å². The molecule has 0 spiro atoms. The van der Waals surface area contributed by atoms with E-state index < -0.39 is 22.0 Å². The lowest BCUT2D eigenvalue weighted by Crippen LogP contribution is -2.49. The third-order valence-electron chi connectivity index (χ3n) is 4.39. The molecule has 0 saturated carbocycles. The second-order valence-corrected chi connectivity index (χ2v) is 8.34. The Balaban J connectivity index is 1.76. The average molecular weight is 353 g/mol. The normalized spacial score (nSPS) is 19.1. The molecule has 1 heterocycles. The van der Waals surface area contributed by atoms with Crippen molar-refractivity contribution in [1.29, 1.82) is 0 Å². The molecule has 24 heavy (non-hydrogen) atoms. The number of rotatable bonds is 8. The highest BCUT2D eigenvalue weighted by molar-refractivity contribution is 7.89. The van der Waals surface area contributed by atoms with Crippen LogP contribution in [0.4, 0.5) is 0 Å². The third-order valence-corrected chi connectivity index (χ3v) is 6.28. The van der Waals surface area contributed by atoms with Gasteiger partial charge >= 0.3 is 5.97 Å². The van der Waals surface area contributed by atoms with Gasteiger partial charge in [-0.2, -0.15) is 4.31 Å². The SMILES string of the molecule is CCS(=O)(=O)N1CCCC[C@H]1C(=O)OCCCCc1ccccc1. The highest BCUT2D eigenvalue weighted by atomic mass is 32.2. The van der Waals surface area contributed by atoms with Crippen molar-refractivity contribution >= 4 is 16.0 Å². The number of piperidine rings is 1. The Kier molecular flexibility index (Phi) is 7.24. The first kappa shape index (κ1) is 18.9. The highest BCUT2D eigenvalue weighted by Crippen LogP contribution is 2.22. The van der Waals surface area contributed by atoms with Crippen molar-refractivity contribution in [2.75, 3.05) is 18.9 Å². The molecule has 0 amide bonds. The van der Waals surface area contributed by atoms with E-state index in [9.17, 15) is 13.2 Å². The van der Waals surface area contributed by atoms with Gasteiger partial charge in [0.25, 0.3) is 0 Å². The minimum atomic E-state index is -3.35. The minimum Gasteiger partial charge on any atom is -0.464 e. The van der Waals surface area contributed by atoms with Crippen molar-refractivity contribution in [1.82, 2.24) is 4.31 Å². The summed E-state index contributed by atoms with van der Waals surface area (Å²) in [6.45, 7) is 2.38. The molecule has 1 aromatic carbocycles. The number of esters is 1. The van der Waals surface area contributed by atoms with Gasteiger partial charge in [0.15, 0.2) is 0 Å². The van der Waals surface area contributed by atoms with Gasteiger partial charge in [0, 0.05) is 6.54 Å². The second kappa shape index (κ2) is 9.18. The summed E-state index contributed by atoms with van der Waals surface area (Å²) in [6, 6.07) is 9.55. The second-order valence-electron chi connectivity index (χ2n) is 6.13. The summed E-state index contributed by atoms with van der Waals surface area (Å²) in [4.78, 5) is 12.3. The van der Waals surface area contributed by atoms with E-state index in [0.717, 1.165) is 32.1 Å². The average Bonchev–Trinajstić information content (AvgIpc) is 2.62. The number of carbonyl (C=O) groups is 1. The van der Waals surface area contributed by atoms with E-state index in [4.69, 9.17) is 4.74 Å². The molecule has 1 fully saturated rings. The molecule has 134 valence electrons. The Morgan fingerprint density at radius 2 is 1.96 bits per heavy atom. The van der Waals surface area contributed by atoms with Crippen LogP contribution in [-0.2, 0) is 26.0 Å². The van der Waals surface area contributed by atoms with E-state index in [2.05, 4.69) is 12.1 Å². The van der Waals surface area contributed by atoms with Crippen LogP contribution in [0.2, 0.25) is 0 Å². The van der Waals surface area contributed by atoms with E-state index in [1.807, 2.05) is 18.2 Å². The van der Waals surface area contributed by atoms with Crippen molar-refractivity contribution < 1.29 is 17.9 Å². The number of benzene rings is 1. The molecule has 6 heteroatoms. The Morgan fingerprint density at radius 3 is 2.67 bits per heavy atom. The first-order valence-corrected chi connectivity index (χ1v) is 10.4. The Hall–Kier alpha value is -1.40.